The molecule has 0 bridgehead atoms. The normalized spacial score (nSPS) is 15.4. The highest BCUT2D eigenvalue weighted by Crippen LogP contribution is 2.21. The summed E-state index contributed by atoms with van der Waals surface area (Å²) in [5.41, 5.74) is 8.69. The van der Waals surface area contributed by atoms with Crippen molar-refractivity contribution in [2.24, 2.45) is 10.7 Å². The van der Waals surface area contributed by atoms with Crippen LogP contribution >= 0.6 is 0 Å². The lowest BCUT2D eigenvalue weighted by Gasteiger charge is -2.17. The molecule has 0 spiro atoms. The van der Waals surface area contributed by atoms with Crippen LogP contribution in [0.3, 0.4) is 0 Å². The topological polar surface area (TPSA) is 107 Å². The fourth-order valence-electron chi connectivity index (χ4n) is 2.62. The molecule has 2 aromatic heterocycles. The molecule has 0 aliphatic carbocycles. The van der Waals surface area contributed by atoms with E-state index in [1.54, 1.807) is 31.7 Å². The number of carbonyl (C=O) groups excluding carboxylic acids is 1. The minimum Gasteiger partial charge on any atom is -0.447 e. The van der Waals surface area contributed by atoms with Gasteiger partial charge in [-0.1, -0.05) is 0 Å². The largest absolute Gasteiger partial charge is 0.447 e. The van der Waals surface area contributed by atoms with Crippen LogP contribution < -0.4 is 5.73 Å². The smallest absolute Gasteiger partial charge is 0.415 e. The summed E-state index contributed by atoms with van der Waals surface area (Å²) in [5.74, 6) is 1.03. The maximum absolute atomic E-state index is 11.8. The Balaban J connectivity index is 1.97. The zero-order chi connectivity index (χ0) is 17.8. The van der Waals surface area contributed by atoms with Crippen molar-refractivity contribution in [3.05, 3.63) is 59.6 Å². The number of cyclic esters (lactones) is 1. The summed E-state index contributed by atoms with van der Waals surface area (Å²) in [4.78, 5) is 30.5. The molecule has 0 radical (unpaired) electrons. The second-order valence-corrected chi connectivity index (χ2v) is 5.35. The van der Waals surface area contributed by atoms with Crippen LogP contribution in [0.2, 0.25) is 0 Å². The molecule has 3 heterocycles. The van der Waals surface area contributed by atoms with Gasteiger partial charge in [0.25, 0.3) is 0 Å². The Morgan fingerprint density at radius 3 is 2.68 bits per heavy atom. The third kappa shape index (κ3) is 3.18. The fraction of sp³-hybridized carbons (Fsp3) is 0.235. The van der Waals surface area contributed by atoms with Crippen LogP contribution in [0, 0.1) is 6.92 Å². The molecule has 8 heteroatoms. The lowest BCUT2D eigenvalue weighted by atomic mass is 10.1. The molecule has 0 aromatic carbocycles. The summed E-state index contributed by atoms with van der Waals surface area (Å²) >= 11 is 0. The van der Waals surface area contributed by atoms with Crippen molar-refractivity contribution in [3.63, 3.8) is 0 Å². The highest BCUT2D eigenvalue weighted by atomic mass is 16.6. The van der Waals surface area contributed by atoms with E-state index in [4.69, 9.17) is 10.5 Å². The van der Waals surface area contributed by atoms with Gasteiger partial charge in [0.05, 0.1) is 17.8 Å². The second-order valence-electron chi connectivity index (χ2n) is 5.35. The molecule has 1 amide bonds. The molecule has 8 nitrogen and oxygen atoms in total. The van der Waals surface area contributed by atoms with Crippen molar-refractivity contribution in [2.45, 2.75) is 6.92 Å². The predicted molar refractivity (Wildman–Crippen MR) is 92.8 cm³/mol. The number of aryl methyl sites for hydroxylation is 1. The minimum atomic E-state index is -0.399. The first-order valence-corrected chi connectivity index (χ1v) is 7.73. The summed E-state index contributed by atoms with van der Waals surface area (Å²) in [7, 11) is 1.64. The van der Waals surface area contributed by atoms with Gasteiger partial charge in [-0.05, 0) is 24.6 Å². The van der Waals surface area contributed by atoms with E-state index in [0.29, 0.717) is 36.1 Å². The van der Waals surface area contributed by atoms with E-state index in [0.717, 1.165) is 11.1 Å². The van der Waals surface area contributed by atoms with Crippen LogP contribution in [-0.4, -0.2) is 52.0 Å². The highest BCUT2D eigenvalue weighted by molar-refractivity contribution is 6.07. The first-order valence-electron chi connectivity index (χ1n) is 7.73. The number of amides is 1. The zero-order valence-electron chi connectivity index (χ0n) is 14.0. The van der Waals surface area contributed by atoms with Crippen LogP contribution in [0.5, 0.6) is 0 Å². The van der Waals surface area contributed by atoms with Crippen LogP contribution in [-0.2, 0) is 4.74 Å². The molecule has 1 fully saturated rings. The van der Waals surface area contributed by atoms with Crippen molar-refractivity contribution in [1.82, 2.24) is 19.9 Å². The van der Waals surface area contributed by atoms with Gasteiger partial charge in [-0.2, -0.15) is 0 Å². The van der Waals surface area contributed by atoms with E-state index in [-0.39, 0.29) is 0 Å². The summed E-state index contributed by atoms with van der Waals surface area (Å²) in [5, 5.41) is 0. The number of hydrogen-bond acceptors (Lipinski definition) is 7. The molecule has 128 valence electrons. The molecular weight excluding hydrogens is 320 g/mol. The van der Waals surface area contributed by atoms with Gasteiger partial charge in [0.15, 0.2) is 5.82 Å². The van der Waals surface area contributed by atoms with E-state index in [2.05, 4.69) is 19.9 Å². The maximum Gasteiger partial charge on any atom is 0.415 e. The first-order chi connectivity index (χ1) is 12.2. The Labute approximate surface area is 145 Å². The van der Waals surface area contributed by atoms with E-state index >= 15 is 0 Å². The number of carbonyl (C=O) groups is 1. The van der Waals surface area contributed by atoms with Gasteiger partial charge >= 0.3 is 6.09 Å². The number of aliphatic imine (C=N–C) groups is 1. The number of rotatable bonds is 3. The van der Waals surface area contributed by atoms with Gasteiger partial charge in [0.1, 0.15) is 12.4 Å². The molecule has 1 aliphatic rings. The van der Waals surface area contributed by atoms with Crippen molar-refractivity contribution >= 4 is 17.5 Å². The summed E-state index contributed by atoms with van der Waals surface area (Å²) < 4.78 is 4.99. The Morgan fingerprint density at radius 1 is 1.36 bits per heavy atom. The first kappa shape index (κ1) is 16.6. The molecule has 0 unspecified atom stereocenters. The van der Waals surface area contributed by atoms with E-state index in [1.807, 2.05) is 13.0 Å². The van der Waals surface area contributed by atoms with E-state index < -0.39 is 6.09 Å². The van der Waals surface area contributed by atoms with Crippen molar-refractivity contribution in [3.8, 4) is 0 Å². The number of pyridine rings is 1. The van der Waals surface area contributed by atoms with E-state index in [9.17, 15) is 4.79 Å². The maximum atomic E-state index is 11.8. The Morgan fingerprint density at radius 2 is 2.12 bits per heavy atom. The molecule has 1 aliphatic heterocycles. The molecule has 0 atom stereocenters. The molecular formula is C17H18N6O2. The molecule has 0 saturated carbocycles. The standard InChI is InChI=1S/C17H18N6O2/c1-11-8-14(12(9-18)15-20-4-3-5-21-15)22-10-13(11)16(19-2)23-6-7-25-17(23)24/h3-5,8-10H,6-7,18H2,1-2H3/b12-9-,19-16?. The van der Waals surface area contributed by atoms with Gasteiger partial charge < -0.3 is 10.5 Å². The lowest BCUT2D eigenvalue weighted by molar-refractivity contribution is 0.168. The number of aromatic nitrogens is 3. The van der Waals surface area contributed by atoms with Crippen molar-refractivity contribution in [2.75, 3.05) is 20.2 Å². The Kier molecular flexibility index (Phi) is 4.69. The van der Waals surface area contributed by atoms with Crippen molar-refractivity contribution < 1.29 is 9.53 Å². The molecule has 3 rings (SSSR count). The molecule has 25 heavy (non-hydrogen) atoms. The van der Waals surface area contributed by atoms with Crippen LogP contribution in [0.25, 0.3) is 5.57 Å². The van der Waals surface area contributed by atoms with Gasteiger partial charge in [-0.15, -0.1) is 0 Å². The molecule has 2 N–H and O–H groups in total. The third-order valence-corrected chi connectivity index (χ3v) is 3.83. The quantitative estimate of drug-likeness (QED) is 0.669. The minimum absolute atomic E-state index is 0.355. The summed E-state index contributed by atoms with van der Waals surface area (Å²) in [6, 6.07) is 3.61. The lowest BCUT2D eigenvalue weighted by Crippen LogP contribution is -2.33. The highest BCUT2D eigenvalue weighted by Gasteiger charge is 2.28. The average Bonchev–Trinajstić information content (AvgIpc) is 3.05. The molecule has 1 saturated heterocycles. The van der Waals surface area contributed by atoms with E-state index in [1.165, 1.54) is 11.1 Å². The Hall–Kier alpha value is -3.29. The number of ether oxygens (including phenoxy) is 1. The zero-order valence-corrected chi connectivity index (χ0v) is 14.0. The van der Waals surface area contributed by atoms with Crippen LogP contribution in [0.1, 0.15) is 22.6 Å². The number of hydrogen-bond donors (Lipinski definition) is 1. The number of amidine groups is 1. The van der Waals surface area contributed by atoms with Gasteiger partial charge in [0.2, 0.25) is 0 Å². The van der Waals surface area contributed by atoms with Crippen LogP contribution in [0.4, 0.5) is 4.79 Å². The monoisotopic (exact) mass is 338 g/mol. The average molecular weight is 338 g/mol. The number of nitrogens with zero attached hydrogens (tertiary/aromatic N) is 5. The summed E-state index contributed by atoms with van der Waals surface area (Å²) in [6.45, 7) is 2.75. The Bertz CT molecular complexity index is 847. The number of nitrogens with two attached hydrogens (primary N) is 1. The predicted octanol–water partition coefficient (Wildman–Crippen LogP) is 1.36. The summed E-state index contributed by atoms with van der Waals surface area (Å²) in [6.07, 6.45) is 6.00. The van der Waals surface area contributed by atoms with Crippen LogP contribution in [0.15, 0.2) is 41.9 Å². The fourth-order valence-corrected chi connectivity index (χ4v) is 2.62. The van der Waals surface area contributed by atoms with Gasteiger partial charge in [0, 0.05) is 37.4 Å². The van der Waals surface area contributed by atoms with Crippen molar-refractivity contribution in [1.29, 1.82) is 0 Å². The SMILES string of the molecule is CN=C(c1cnc(/C(=C/N)c2ncccn2)cc1C)N1CCOC1=O. The second kappa shape index (κ2) is 7.08. The van der Waals surface area contributed by atoms with Gasteiger partial charge in [-0.25, -0.2) is 14.8 Å². The third-order valence-electron chi connectivity index (χ3n) is 3.83. The molecule has 2 aromatic rings. The van der Waals surface area contributed by atoms with Gasteiger partial charge in [-0.3, -0.25) is 14.9 Å².